The van der Waals surface area contributed by atoms with Crippen molar-refractivity contribution in [2.24, 2.45) is 5.92 Å². The average Bonchev–Trinajstić information content (AvgIpc) is 2.23. The molecule has 1 aliphatic heterocycles. The highest BCUT2D eigenvalue weighted by atomic mass is 16.2. The van der Waals surface area contributed by atoms with Crippen LogP contribution in [-0.4, -0.2) is 35.8 Å². The lowest BCUT2D eigenvalue weighted by molar-refractivity contribution is -0.144. The van der Waals surface area contributed by atoms with Crippen molar-refractivity contribution in [3.05, 3.63) is 0 Å². The summed E-state index contributed by atoms with van der Waals surface area (Å²) < 4.78 is 0. The summed E-state index contributed by atoms with van der Waals surface area (Å²) in [7, 11) is 0. The van der Waals surface area contributed by atoms with Crippen molar-refractivity contribution in [2.75, 3.05) is 13.1 Å². The van der Waals surface area contributed by atoms with Gasteiger partial charge in [-0.25, -0.2) is 0 Å². The van der Waals surface area contributed by atoms with Crippen LogP contribution in [0.15, 0.2) is 0 Å². The van der Waals surface area contributed by atoms with Crippen molar-refractivity contribution < 1.29 is 9.59 Å². The predicted molar refractivity (Wildman–Crippen MR) is 53.6 cm³/mol. The van der Waals surface area contributed by atoms with Gasteiger partial charge in [0.15, 0.2) is 0 Å². The number of nitrogens with one attached hydrogen (secondary N) is 1. The molecule has 1 rings (SSSR count). The lowest BCUT2D eigenvalue weighted by Crippen LogP contribution is -2.57. The van der Waals surface area contributed by atoms with Crippen LogP contribution in [-0.2, 0) is 9.59 Å². The molecular weight excluding hydrogens is 194 g/mol. The highest BCUT2D eigenvalue weighted by molar-refractivity contribution is 5.90. The van der Waals surface area contributed by atoms with Crippen LogP contribution in [0.4, 0.5) is 0 Å². The molecule has 2 atom stereocenters. The topological polar surface area (TPSA) is 73.2 Å². The van der Waals surface area contributed by atoms with Crippen molar-refractivity contribution in [1.29, 1.82) is 5.26 Å². The molecule has 2 amide bonds. The molecule has 0 saturated carbocycles. The Balaban J connectivity index is 2.74. The normalized spacial score (nSPS) is 22.9. The standard InChI is InChI=1S/C10H15N3O2/c1-3-8(6-11)10(15)13-5-4-12-9(14)7(13)2/h7-8H,3-5H2,1-2H3,(H,12,14). The Labute approximate surface area is 89.0 Å². The second-order valence-corrected chi connectivity index (χ2v) is 3.59. The number of rotatable bonds is 2. The number of carbonyl (C=O) groups is 2. The van der Waals surface area contributed by atoms with E-state index in [9.17, 15) is 9.59 Å². The fourth-order valence-electron chi connectivity index (χ4n) is 1.60. The van der Waals surface area contributed by atoms with Crippen LogP contribution in [0.3, 0.4) is 0 Å². The summed E-state index contributed by atoms with van der Waals surface area (Å²) in [6, 6.07) is 1.50. The average molecular weight is 209 g/mol. The van der Waals surface area contributed by atoms with E-state index in [0.717, 1.165) is 0 Å². The molecule has 0 aliphatic carbocycles. The fraction of sp³-hybridized carbons (Fsp3) is 0.700. The number of piperazine rings is 1. The van der Waals surface area contributed by atoms with Gasteiger partial charge >= 0.3 is 0 Å². The van der Waals surface area contributed by atoms with Gasteiger partial charge in [-0.2, -0.15) is 5.26 Å². The van der Waals surface area contributed by atoms with E-state index < -0.39 is 12.0 Å². The first-order chi connectivity index (χ1) is 7.11. The molecular formula is C10H15N3O2. The van der Waals surface area contributed by atoms with Crippen LogP contribution in [0.2, 0.25) is 0 Å². The Morgan fingerprint density at radius 2 is 2.47 bits per heavy atom. The van der Waals surface area contributed by atoms with Gasteiger partial charge in [-0.1, -0.05) is 6.92 Å². The molecule has 5 nitrogen and oxygen atoms in total. The number of nitriles is 1. The molecule has 1 N–H and O–H groups in total. The number of nitrogens with zero attached hydrogens (tertiary/aromatic N) is 2. The molecule has 0 aromatic carbocycles. The minimum Gasteiger partial charge on any atom is -0.353 e. The lowest BCUT2D eigenvalue weighted by Gasteiger charge is -2.33. The second-order valence-electron chi connectivity index (χ2n) is 3.59. The lowest BCUT2D eigenvalue weighted by atomic mass is 10.0. The van der Waals surface area contributed by atoms with Gasteiger partial charge in [0.1, 0.15) is 12.0 Å². The molecule has 82 valence electrons. The molecule has 2 unspecified atom stereocenters. The van der Waals surface area contributed by atoms with E-state index in [1.54, 1.807) is 13.8 Å². The molecule has 0 bridgehead atoms. The van der Waals surface area contributed by atoms with Gasteiger partial charge < -0.3 is 10.2 Å². The molecule has 0 aromatic rings. The van der Waals surface area contributed by atoms with Crippen LogP contribution in [0.5, 0.6) is 0 Å². The molecule has 15 heavy (non-hydrogen) atoms. The Morgan fingerprint density at radius 1 is 1.80 bits per heavy atom. The zero-order valence-electron chi connectivity index (χ0n) is 8.99. The zero-order chi connectivity index (χ0) is 11.4. The van der Waals surface area contributed by atoms with Gasteiger partial charge in [0, 0.05) is 13.1 Å². The summed E-state index contributed by atoms with van der Waals surface area (Å²) in [5.74, 6) is -1.01. The maximum Gasteiger partial charge on any atom is 0.242 e. The minimum absolute atomic E-state index is 0.151. The van der Waals surface area contributed by atoms with Gasteiger partial charge in [0.2, 0.25) is 11.8 Å². The molecule has 1 heterocycles. The summed E-state index contributed by atoms with van der Waals surface area (Å²) in [5.41, 5.74) is 0. The summed E-state index contributed by atoms with van der Waals surface area (Å²) >= 11 is 0. The maximum absolute atomic E-state index is 11.8. The van der Waals surface area contributed by atoms with Crippen LogP contribution >= 0.6 is 0 Å². The van der Waals surface area contributed by atoms with Crippen molar-refractivity contribution in [3.63, 3.8) is 0 Å². The van der Waals surface area contributed by atoms with E-state index in [1.807, 2.05) is 6.07 Å². The summed E-state index contributed by atoms with van der Waals surface area (Å²) in [6.45, 7) is 4.43. The zero-order valence-corrected chi connectivity index (χ0v) is 8.99. The number of hydrogen-bond donors (Lipinski definition) is 1. The fourth-order valence-corrected chi connectivity index (χ4v) is 1.60. The molecule has 0 radical (unpaired) electrons. The number of amides is 2. The summed E-state index contributed by atoms with van der Waals surface area (Å²) in [6.07, 6.45) is 0.486. The number of hydrogen-bond acceptors (Lipinski definition) is 3. The van der Waals surface area contributed by atoms with E-state index >= 15 is 0 Å². The van der Waals surface area contributed by atoms with E-state index in [2.05, 4.69) is 5.32 Å². The molecule has 1 saturated heterocycles. The molecule has 1 fully saturated rings. The summed E-state index contributed by atoms with van der Waals surface area (Å²) in [5, 5.41) is 11.5. The van der Waals surface area contributed by atoms with E-state index in [4.69, 9.17) is 5.26 Å². The highest BCUT2D eigenvalue weighted by Gasteiger charge is 2.32. The second kappa shape index (κ2) is 4.78. The third-order valence-electron chi connectivity index (χ3n) is 2.64. The summed E-state index contributed by atoms with van der Waals surface area (Å²) in [4.78, 5) is 24.6. The third kappa shape index (κ3) is 2.27. The van der Waals surface area contributed by atoms with Crippen LogP contribution < -0.4 is 5.32 Å². The maximum atomic E-state index is 11.8. The van der Waals surface area contributed by atoms with Gasteiger partial charge in [-0.3, -0.25) is 9.59 Å². The molecule has 0 spiro atoms. The SMILES string of the molecule is CCC(C#N)C(=O)N1CCNC(=O)C1C. The Kier molecular flexibility index (Phi) is 3.67. The Morgan fingerprint density at radius 3 is 3.00 bits per heavy atom. The first kappa shape index (κ1) is 11.5. The Hall–Kier alpha value is -1.57. The van der Waals surface area contributed by atoms with E-state index in [-0.39, 0.29) is 11.8 Å². The van der Waals surface area contributed by atoms with Gasteiger partial charge in [-0.05, 0) is 13.3 Å². The van der Waals surface area contributed by atoms with Crippen LogP contribution in [0.25, 0.3) is 0 Å². The Bertz CT molecular complexity index is 308. The quantitative estimate of drug-likeness (QED) is 0.689. The van der Waals surface area contributed by atoms with Gasteiger partial charge in [0.25, 0.3) is 0 Å². The minimum atomic E-state index is -0.627. The van der Waals surface area contributed by atoms with Crippen LogP contribution in [0.1, 0.15) is 20.3 Å². The molecule has 1 aliphatic rings. The number of carbonyl (C=O) groups excluding carboxylic acids is 2. The van der Waals surface area contributed by atoms with Crippen molar-refractivity contribution >= 4 is 11.8 Å². The van der Waals surface area contributed by atoms with Crippen molar-refractivity contribution in [3.8, 4) is 6.07 Å². The van der Waals surface area contributed by atoms with E-state index in [0.29, 0.717) is 19.5 Å². The van der Waals surface area contributed by atoms with Crippen LogP contribution in [0, 0.1) is 17.2 Å². The highest BCUT2D eigenvalue weighted by Crippen LogP contribution is 2.12. The van der Waals surface area contributed by atoms with E-state index in [1.165, 1.54) is 4.90 Å². The van der Waals surface area contributed by atoms with Crippen molar-refractivity contribution in [2.45, 2.75) is 26.3 Å². The molecule has 5 heteroatoms. The monoisotopic (exact) mass is 209 g/mol. The first-order valence-electron chi connectivity index (χ1n) is 5.09. The van der Waals surface area contributed by atoms with Gasteiger partial charge in [0.05, 0.1) is 6.07 Å². The smallest absolute Gasteiger partial charge is 0.242 e. The molecule has 0 aromatic heterocycles. The largest absolute Gasteiger partial charge is 0.353 e. The predicted octanol–water partition coefficient (Wildman–Crippen LogP) is -0.117. The first-order valence-corrected chi connectivity index (χ1v) is 5.09. The third-order valence-corrected chi connectivity index (χ3v) is 2.64. The van der Waals surface area contributed by atoms with Crippen molar-refractivity contribution in [1.82, 2.24) is 10.2 Å². The van der Waals surface area contributed by atoms with Gasteiger partial charge in [-0.15, -0.1) is 0 Å².